The molecule has 92 valence electrons. The Bertz CT molecular complexity index is 441. The van der Waals surface area contributed by atoms with E-state index in [9.17, 15) is 4.79 Å². The van der Waals surface area contributed by atoms with Crippen LogP contribution in [0.3, 0.4) is 0 Å². The van der Waals surface area contributed by atoms with Gasteiger partial charge in [-0.1, -0.05) is 30.1 Å². The fourth-order valence-electron chi connectivity index (χ4n) is 1.74. The van der Waals surface area contributed by atoms with E-state index in [4.69, 9.17) is 23.2 Å². The lowest BCUT2D eigenvalue weighted by atomic mass is 10.2. The fourth-order valence-corrected chi connectivity index (χ4v) is 3.18. The summed E-state index contributed by atoms with van der Waals surface area (Å²) in [7, 11) is 0. The molecule has 1 amide bonds. The Labute approximate surface area is 114 Å². The van der Waals surface area contributed by atoms with E-state index < -0.39 is 0 Å². The third-order valence-electron chi connectivity index (χ3n) is 2.57. The van der Waals surface area contributed by atoms with Crippen molar-refractivity contribution in [2.24, 2.45) is 0 Å². The van der Waals surface area contributed by atoms with Crippen LogP contribution in [0.2, 0.25) is 10.3 Å². The number of hydrogen-bond donors (Lipinski definition) is 0. The number of thioether (sulfide) groups is 1. The molecule has 6 heteroatoms. The first-order chi connectivity index (χ1) is 8.08. The summed E-state index contributed by atoms with van der Waals surface area (Å²) in [5, 5.41) is 0.939. The van der Waals surface area contributed by atoms with Crippen LogP contribution in [0.15, 0.2) is 12.1 Å². The van der Waals surface area contributed by atoms with Gasteiger partial charge in [-0.15, -0.1) is 0 Å². The number of aromatic nitrogens is 1. The molecule has 1 aliphatic heterocycles. The van der Waals surface area contributed by atoms with Gasteiger partial charge < -0.3 is 4.90 Å². The number of carbonyl (C=O) groups is 1. The van der Waals surface area contributed by atoms with Gasteiger partial charge in [0.1, 0.15) is 10.3 Å². The summed E-state index contributed by atoms with van der Waals surface area (Å²) in [6.45, 7) is 3.63. The Balaban J connectivity index is 2.18. The number of carbonyl (C=O) groups excluding carboxylic acids is 1. The first kappa shape index (κ1) is 13.0. The molecule has 1 atom stereocenters. The van der Waals surface area contributed by atoms with Crippen LogP contribution in [-0.2, 0) is 0 Å². The van der Waals surface area contributed by atoms with Gasteiger partial charge in [-0.25, -0.2) is 4.98 Å². The molecule has 1 fully saturated rings. The highest BCUT2D eigenvalue weighted by molar-refractivity contribution is 7.99. The summed E-state index contributed by atoms with van der Waals surface area (Å²) in [5.41, 5.74) is 0.426. The van der Waals surface area contributed by atoms with Gasteiger partial charge in [0.15, 0.2) is 0 Å². The molecule has 1 unspecified atom stereocenters. The first-order valence-corrected chi connectivity index (χ1v) is 7.11. The Morgan fingerprint density at radius 2 is 2.29 bits per heavy atom. The van der Waals surface area contributed by atoms with E-state index >= 15 is 0 Å². The van der Waals surface area contributed by atoms with E-state index in [2.05, 4.69) is 11.9 Å². The van der Waals surface area contributed by atoms with Crippen LogP contribution in [0.4, 0.5) is 0 Å². The Morgan fingerprint density at radius 1 is 1.53 bits per heavy atom. The summed E-state index contributed by atoms with van der Waals surface area (Å²) >= 11 is 13.5. The van der Waals surface area contributed by atoms with E-state index in [1.807, 2.05) is 16.7 Å². The van der Waals surface area contributed by atoms with Crippen molar-refractivity contribution in [2.75, 3.05) is 18.8 Å². The quantitative estimate of drug-likeness (QED) is 0.746. The van der Waals surface area contributed by atoms with Crippen LogP contribution in [0, 0.1) is 0 Å². The molecule has 3 nitrogen and oxygen atoms in total. The van der Waals surface area contributed by atoms with Gasteiger partial charge >= 0.3 is 0 Å². The van der Waals surface area contributed by atoms with Crippen LogP contribution in [0.25, 0.3) is 0 Å². The SMILES string of the molecule is CC1CN(C(=O)c2ccc(Cl)nc2Cl)CCS1. The maximum atomic E-state index is 12.2. The summed E-state index contributed by atoms with van der Waals surface area (Å²) in [5.74, 6) is 0.900. The zero-order chi connectivity index (χ0) is 12.4. The predicted octanol–water partition coefficient (Wildman–Crippen LogP) is 2.97. The molecule has 2 heterocycles. The van der Waals surface area contributed by atoms with Crippen molar-refractivity contribution in [3.8, 4) is 0 Å². The van der Waals surface area contributed by atoms with Crippen molar-refractivity contribution in [3.05, 3.63) is 28.0 Å². The minimum atomic E-state index is -0.0636. The lowest BCUT2D eigenvalue weighted by molar-refractivity contribution is 0.0763. The molecule has 1 saturated heterocycles. The lowest BCUT2D eigenvalue weighted by Crippen LogP contribution is -2.41. The molecule has 0 spiro atoms. The third-order valence-corrected chi connectivity index (χ3v) is 4.21. The van der Waals surface area contributed by atoms with Crippen LogP contribution < -0.4 is 0 Å². The van der Waals surface area contributed by atoms with Gasteiger partial charge in [-0.3, -0.25) is 4.79 Å². The largest absolute Gasteiger partial charge is 0.337 e. The Morgan fingerprint density at radius 3 is 2.94 bits per heavy atom. The topological polar surface area (TPSA) is 33.2 Å². The van der Waals surface area contributed by atoms with Gasteiger partial charge in [0.2, 0.25) is 0 Å². The number of pyridine rings is 1. The van der Waals surface area contributed by atoms with Gasteiger partial charge in [-0.2, -0.15) is 11.8 Å². The van der Waals surface area contributed by atoms with Gasteiger partial charge in [0, 0.05) is 24.1 Å². The zero-order valence-electron chi connectivity index (χ0n) is 9.32. The maximum absolute atomic E-state index is 12.2. The molecule has 0 N–H and O–H groups in total. The normalized spacial score (nSPS) is 20.4. The average Bonchev–Trinajstić information content (AvgIpc) is 2.28. The van der Waals surface area contributed by atoms with Crippen molar-refractivity contribution in [1.82, 2.24) is 9.88 Å². The molecule has 0 saturated carbocycles. The van der Waals surface area contributed by atoms with Gasteiger partial charge in [0.05, 0.1) is 5.56 Å². The van der Waals surface area contributed by atoms with Crippen LogP contribution >= 0.6 is 35.0 Å². The predicted molar refractivity (Wildman–Crippen MR) is 72.1 cm³/mol. The minimum absolute atomic E-state index is 0.0636. The summed E-state index contributed by atoms with van der Waals surface area (Å²) in [6.07, 6.45) is 0. The van der Waals surface area contributed by atoms with Gasteiger partial charge in [-0.05, 0) is 12.1 Å². The molecule has 0 aromatic carbocycles. The molecule has 1 aromatic heterocycles. The molecular weight excluding hydrogens is 279 g/mol. The highest BCUT2D eigenvalue weighted by atomic mass is 35.5. The maximum Gasteiger partial charge on any atom is 0.257 e. The number of amides is 1. The second-order valence-corrected chi connectivity index (χ2v) is 6.20. The summed E-state index contributed by atoms with van der Waals surface area (Å²) < 4.78 is 0. The summed E-state index contributed by atoms with van der Waals surface area (Å²) in [6, 6.07) is 3.22. The number of halogens is 2. The average molecular weight is 291 g/mol. The van der Waals surface area contributed by atoms with E-state index in [1.165, 1.54) is 0 Å². The lowest BCUT2D eigenvalue weighted by Gasteiger charge is -2.30. The van der Waals surface area contributed by atoms with Crippen LogP contribution in [-0.4, -0.2) is 39.9 Å². The Kier molecular flexibility index (Phi) is 4.17. The van der Waals surface area contributed by atoms with Crippen molar-refractivity contribution < 1.29 is 4.79 Å². The molecule has 0 bridgehead atoms. The van der Waals surface area contributed by atoms with Crippen LogP contribution in [0.1, 0.15) is 17.3 Å². The van der Waals surface area contributed by atoms with Crippen LogP contribution in [0.5, 0.6) is 0 Å². The molecule has 1 aliphatic rings. The van der Waals surface area contributed by atoms with E-state index in [0.717, 1.165) is 18.8 Å². The first-order valence-electron chi connectivity index (χ1n) is 5.31. The molecule has 1 aromatic rings. The summed E-state index contributed by atoms with van der Waals surface area (Å²) in [4.78, 5) is 17.9. The number of rotatable bonds is 1. The van der Waals surface area contributed by atoms with Crippen molar-refractivity contribution in [2.45, 2.75) is 12.2 Å². The highest BCUT2D eigenvalue weighted by Gasteiger charge is 2.24. The highest BCUT2D eigenvalue weighted by Crippen LogP contribution is 2.22. The monoisotopic (exact) mass is 290 g/mol. The second-order valence-electron chi connectivity index (χ2n) is 3.90. The smallest absolute Gasteiger partial charge is 0.257 e. The number of nitrogens with zero attached hydrogens (tertiary/aromatic N) is 2. The minimum Gasteiger partial charge on any atom is -0.337 e. The standard InChI is InChI=1S/C11H12Cl2N2OS/c1-7-6-15(4-5-17-7)11(16)8-2-3-9(12)14-10(8)13/h2-3,7H,4-6H2,1H3. The molecule has 0 aliphatic carbocycles. The number of hydrogen-bond acceptors (Lipinski definition) is 3. The van der Waals surface area contributed by atoms with E-state index in [1.54, 1.807) is 12.1 Å². The Hall–Kier alpha value is -0.450. The second kappa shape index (κ2) is 5.46. The van der Waals surface area contributed by atoms with Crippen molar-refractivity contribution in [3.63, 3.8) is 0 Å². The molecule has 2 rings (SSSR count). The zero-order valence-corrected chi connectivity index (χ0v) is 11.6. The molecule has 0 radical (unpaired) electrons. The van der Waals surface area contributed by atoms with E-state index in [0.29, 0.717) is 16.0 Å². The molecular formula is C11H12Cl2N2OS. The van der Waals surface area contributed by atoms with Gasteiger partial charge in [0.25, 0.3) is 5.91 Å². The third kappa shape index (κ3) is 3.06. The van der Waals surface area contributed by atoms with Crippen molar-refractivity contribution >= 4 is 40.9 Å². The fraction of sp³-hybridized carbons (Fsp3) is 0.455. The van der Waals surface area contributed by atoms with Crippen molar-refractivity contribution in [1.29, 1.82) is 0 Å². The molecule has 17 heavy (non-hydrogen) atoms. The van der Waals surface area contributed by atoms with E-state index in [-0.39, 0.29) is 11.1 Å².